The van der Waals surface area contributed by atoms with Crippen molar-refractivity contribution in [1.29, 1.82) is 0 Å². The smallest absolute Gasteiger partial charge is 0.222 e. The fourth-order valence-electron chi connectivity index (χ4n) is 2.93. The largest absolute Gasteiger partial charge is 0.481 e. The molecule has 128 valence electrons. The highest BCUT2D eigenvalue weighted by Crippen LogP contribution is 2.32. The van der Waals surface area contributed by atoms with Crippen molar-refractivity contribution in [2.45, 2.75) is 0 Å². The zero-order valence-electron chi connectivity index (χ0n) is 13.8. The van der Waals surface area contributed by atoms with Gasteiger partial charge in [0, 0.05) is 31.5 Å². The first-order valence-corrected chi connectivity index (χ1v) is 8.03. The third kappa shape index (κ3) is 2.83. The molecule has 0 radical (unpaired) electrons. The van der Waals surface area contributed by atoms with Gasteiger partial charge in [0.1, 0.15) is 5.69 Å². The number of nitrogens with zero attached hydrogens (tertiary/aromatic N) is 3. The first kappa shape index (κ1) is 15.6. The third-order valence-electron chi connectivity index (χ3n) is 4.17. The van der Waals surface area contributed by atoms with Crippen LogP contribution < -0.4 is 15.1 Å². The van der Waals surface area contributed by atoms with Crippen molar-refractivity contribution < 1.29 is 13.9 Å². The summed E-state index contributed by atoms with van der Waals surface area (Å²) in [5, 5.41) is 0.480. The Bertz CT molecular complexity index is 964. The lowest BCUT2D eigenvalue weighted by atomic mass is 10.1. The van der Waals surface area contributed by atoms with Gasteiger partial charge in [0.2, 0.25) is 5.88 Å². The average Bonchev–Trinajstić information content (AvgIpc) is 2.68. The Kier molecular flexibility index (Phi) is 4.07. The van der Waals surface area contributed by atoms with Gasteiger partial charge in [0.05, 0.1) is 31.3 Å². The molecule has 25 heavy (non-hydrogen) atoms. The minimum atomic E-state index is -0.103. The summed E-state index contributed by atoms with van der Waals surface area (Å²) >= 11 is 0. The molecule has 0 unspecified atom stereocenters. The maximum Gasteiger partial charge on any atom is 0.222 e. The minimum absolute atomic E-state index is 0.103. The Morgan fingerprint density at radius 2 is 2.00 bits per heavy atom. The number of methoxy groups -OCH3 is 1. The Balaban J connectivity index is 1.93. The van der Waals surface area contributed by atoms with Crippen molar-refractivity contribution in [1.82, 2.24) is 9.97 Å². The van der Waals surface area contributed by atoms with Crippen molar-refractivity contribution in [2.24, 2.45) is 0 Å². The normalized spacial score (nSPS) is 14.7. The van der Waals surface area contributed by atoms with Gasteiger partial charge in [0.15, 0.2) is 16.9 Å². The SMILES string of the molecule is COc1ncccc1-c1nccc2c(=O)cc(N3CCOCC3)oc12. The first-order chi connectivity index (χ1) is 12.3. The quantitative estimate of drug-likeness (QED) is 0.723. The molecule has 1 aliphatic rings. The van der Waals surface area contributed by atoms with E-state index in [2.05, 4.69) is 9.97 Å². The maximum atomic E-state index is 12.6. The number of aromatic nitrogens is 2. The van der Waals surface area contributed by atoms with Crippen LogP contribution >= 0.6 is 0 Å². The summed E-state index contributed by atoms with van der Waals surface area (Å²) in [4.78, 5) is 23.2. The lowest BCUT2D eigenvalue weighted by Gasteiger charge is -2.27. The summed E-state index contributed by atoms with van der Waals surface area (Å²) in [6.45, 7) is 2.58. The van der Waals surface area contributed by atoms with Crippen LogP contribution in [-0.2, 0) is 4.74 Å². The van der Waals surface area contributed by atoms with Crippen LogP contribution in [0.2, 0.25) is 0 Å². The van der Waals surface area contributed by atoms with Crippen molar-refractivity contribution in [3.63, 3.8) is 0 Å². The van der Waals surface area contributed by atoms with Crippen LogP contribution in [0.4, 0.5) is 5.88 Å². The van der Waals surface area contributed by atoms with Gasteiger partial charge in [-0.1, -0.05) is 0 Å². The van der Waals surface area contributed by atoms with E-state index in [1.54, 1.807) is 31.6 Å². The highest BCUT2D eigenvalue weighted by atomic mass is 16.5. The fraction of sp³-hybridized carbons (Fsp3) is 0.278. The van der Waals surface area contributed by atoms with E-state index in [1.807, 2.05) is 11.0 Å². The van der Waals surface area contributed by atoms with Gasteiger partial charge < -0.3 is 18.8 Å². The van der Waals surface area contributed by atoms with Crippen molar-refractivity contribution in [3.8, 4) is 17.1 Å². The monoisotopic (exact) mass is 339 g/mol. The van der Waals surface area contributed by atoms with E-state index in [9.17, 15) is 4.79 Å². The fourth-order valence-corrected chi connectivity index (χ4v) is 2.93. The molecule has 0 N–H and O–H groups in total. The molecule has 7 heteroatoms. The molecule has 1 aliphatic heterocycles. The Hall–Kier alpha value is -2.93. The molecular weight excluding hydrogens is 322 g/mol. The molecule has 0 aliphatic carbocycles. The van der Waals surface area contributed by atoms with Crippen LogP contribution in [-0.4, -0.2) is 43.4 Å². The van der Waals surface area contributed by atoms with Crippen molar-refractivity contribution >= 4 is 16.9 Å². The zero-order valence-corrected chi connectivity index (χ0v) is 13.8. The van der Waals surface area contributed by atoms with Crippen molar-refractivity contribution in [2.75, 3.05) is 38.3 Å². The maximum absolute atomic E-state index is 12.6. The highest BCUT2D eigenvalue weighted by Gasteiger charge is 2.19. The van der Waals surface area contributed by atoms with E-state index in [0.717, 1.165) is 0 Å². The average molecular weight is 339 g/mol. The molecule has 0 saturated carbocycles. The van der Waals surface area contributed by atoms with E-state index in [0.29, 0.717) is 60.3 Å². The number of pyridine rings is 2. The lowest BCUT2D eigenvalue weighted by Crippen LogP contribution is -2.36. The predicted molar refractivity (Wildman–Crippen MR) is 93.1 cm³/mol. The molecule has 1 saturated heterocycles. The Morgan fingerprint density at radius 1 is 1.16 bits per heavy atom. The van der Waals surface area contributed by atoms with Gasteiger partial charge in [0.25, 0.3) is 0 Å². The number of fused-ring (bicyclic) bond motifs is 1. The molecule has 0 amide bonds. The number of hydrogen-bond acceptors (Lipinski definition) is 7. The summed E-state index contributed by atoms with van der Waals surface area (Å²) in [5.74, 6) is 0.958. The number of ether oxygens (including phenoxy) is 2. The zero-order chi connectivity index (χ0) is 17.2. The second-order valence-corrected chi connectivity index (χ2v) is 5.64. The van der Waals surface area contributed by atoms with Gasteiger partial charge in [-0.3, -0.25) is 9.78 Å². The number of rotatable bonds is 3. The second-order valence-electron chi connectivity index (χ2n) is 5.64. The number of morpholine rings is 1. The number of hydrogen-bond donors (Lipinski definition) is 0. The summed E-state index contributed by atoms with van der Waals surface area (Å²) in [7, 11) is 1.55. The van der Waals surface area contributed by atoms with Crippen LogP contribution in [0.1, 0.15) is 0 Å². The standard InChI is InChI=1S/C18H17N3O4/c1-23-18-13(3-2-5-20-18)16-17-12(4-6-19-16)14(22)11-15(25-17)21-7-9-24-10-8-21/h2-6,11H,7-10H2,1H3. The highest BCUT2D eigenvalue weighted by molar-refractivity contribution is 5.91. The third-order valence-corrected chi connectivity index (χ3v) is 4.17. The summed E-state index contributed by atoms with van der Waals surface area (Å²) < 4.78 is 16.8. The summed E-state index contributed by atoms with van der Waals surface area (Å²) in [5.41, 5.74) is 1.55. The molecular formula is C18H17N3O4. The molecule has 4 heterocycles. The van der Waals surface area contributed by atoms with Crippen LogP contribution in [0, 0.1) is 0 Å². The van der Waals surface area contributed by atoms with Crippen LogP contribution in [0.15, 0.2) is 45.9 Å². The van der Waals surface area contributed by atoms with E-state index in [4.69, 9.17) is 13.9 Å². The van der Waals surface area contributed by atoms with Crippen molar-refractivity contribution in [3.05, 3.63) is 46.9 Å². The van der Waals surface area contributed by atoms with Crippen LogP contribution in [0.3, 0.4) is 0 Å². The molecule has 0 spiro atoms. The molecule has 1 fully saturated rings. The van der Waals surface area contributed by atoms with E-state index >= 15 is 0 Å². The van der Waals surface area contributed by atoms with Gasteiger partial charge in [-0.25, -0.2) is 4.98 Å². The second kappa shape index (κ2) is 6.52. The van der Waals surface area contributed by atoms with Gasteiger partial charge in [-0.05, 0) is 18.2 Å². The molecule has 7 nitrogen and oxygen atoms in total. The molecule has 0 bridgehead atoms. The first-order valence-electron chi connectivity index (χ1n) is 8.03. The van der Waals surface area contributed by atoms with Gasteiger partial charge in [-0.2, -0.15) is 0 Å². The van der Waals surface area contributed by atoms with Gasteiger partial charge in [-0.15, -0.1) is 0 Å². The number of anilines is 1. The Morgan fingerprint density at radius 3 is 2.80 bits per heavy atom. The lowest BCUT2D eigenvalue weighted by molar-refractivity contribution is 0.121. The van der Waals surface area contributed by atoms with Crippen LogP contribution in [0.5, 0.6) is 5.88 Å². The molecule has 3 aromatic rings. The summed E-state index contributed by atoms with van der Waals surface area (Å²) in [6.07, 6.45) is 3.23. The van der Waals surface area contributed by atoms with E-state index in [-0.39, 0.29) is 5.43 Å². The predicted octanol–water partition coefficient (Wildman–Crippen LogP) is 2.10. The molecule has 3 aromatic heterocycles. The molecule has 0 aromatic carbocycles. The Labute approximate surface area is 143 Å². The topological polar surface area (TPSA) is 77.7 Å². The molecule has 4 rings (SSSR count). The molecule has 0 atom stereocenters. The van der Waals surface area contributed by atoms with E-state index in [1.165, 1.54) is 6.07 Å². The van der Waals surface area contributed by atoms with E-state index < -0.39 is 0 Å². The van der Waals surface area contributed by atoms with Crippen LogP contribution in [0.25, 0.3) is 22.2 Å². The minimum Gasteiger partial charge on any atom is -0.481 e. The van der Waals surface area contributed by atoms with Gasteiger partial charge >= 0.3 is 0 Å². The summed E-state index contributed by atoms with van der Waals surface area (Å²) in [6, 6.07) is 6.83.